The third kappa shape index (κ3) is 7.49. The van der Waals surface area contributed by atoms with Gasteiger partial charge in [-0.05, 0) is 45.4 Å². The van der Waals surface area contributed by atoms with Gasteiger partial charge in [0.1, 0.15) is 18.3 Å². The number of carbonyl (C=O) groups is 2. The van der Waals surface area contributed by atoms with E-state index >= 15 is 0 Å². The molecule has 8 nitrogen and oxygen atoms in total. The summed E-state index contributed by atoms with van der Waals surface area (Å²) in [7, 11) is -2.31. The molecule has 0 bridgehead atoms. The molecule has 9 heteroatoms. The van der Waals surface area contributed by atoms with Crippen LogP contribution < -0.4 is 14.4 Å². The molecule has 1 atom stereocenters. The summed E-state index contributed by atoms with van der Waals surface area (Å²) in [6.07, 6.45) is 1.04. The molecule has 0 aliphatic carbocycles. The normalized spacial score (nSPS) is 12.2. The number of anilines is 1. The lowest BCUT2D eigenvalue weighted by atomic mass is 10.1. The standard InChI is InChI=1S/C24H33N3O5S/c1-17(2)25-24(29)19(4)26(15-20-12-10-18(3)11-13-20)23(28)16-27(33(6,30)31)21-8-7-9-22(14-21)32-5/h7-14,17,19H,15-16H2,1-6H3,(H,25,29). The molecule has 2 rings (SSSR count). The highest BCUT2D eigenvalue weighted by Crippen LogP contribution is 2.23. The van der Waals surface area contributed by atoms with Gasteiger partial charge in [-0.2, -0.15) is 0 Å². The number of rotatable bonds is 10. The maximum Gasteiger partial charge on any atom is 0.244 e. The summed E-state index contributed by atoms with van der Waals surface area (Å²) in [5.41, 5.74) is 2.22. The fourth-order valence-corrected chi connectivity index (χ4v) is 4.10. The second-order valence-corrected chi connectivity index (χ2v) is 10.2. The number of benzene rings is 2. The molecule has 1 N–H and O–H groups in total. The molecule has 0 radical (unpaired) electrons. The van der Waals surface area contributed by atoms with E-state index in [1.54, 1.807) is 31.2 Å². The lowest BCUT2D eigenvalue weighted by Crippen LogP contribution is -2.52. The van der Waals surface area contributed by atoms with Crippen LogP contribution in [0.4, 0.5) is 5.69 Å². The maximum atomic E-state index is 13.4. The first kappa shape index (κ1) is 26.2. The molecule has 2 aromatic rings. The highest BCUT2D eigenvalue weighted by Gasteiger charge is 2.30. The Balaban J connectivity index is 2.39. The van der Waals surface area contributed by atoms with Crippen molar-refractivity contribution in [3.63, 3.8) is 0 Å². The maximum absolute atomic E-state index is 13.4. The predicted octanol–water partition coefficient (Wildman–Crippen LogP) is 2.71. The van der Waals surface area contributed by atoms with Gasteiger partial charge < -0.3 is 15.0 Å². The first-order valence-corrected chi connectivity index (χ1v) is 12.5. The van der Waals surface area contributed by atoms with Crippen LogP contribution in [0.15, 0.2) is 48.5 Å². The molecule has 1 unspecified atom stereocenters. The van der Waals surface area contributed by atoms with Gasteiger partial charge in [0, 0.05) is 18.7 Å². The van der Waals surface area contributed by atoms with Crippen molar-refractivity contribution in [1.29, 1.82) is 0 Å². The number of aryl methyl sites for hydroxylation is 1. The van der Waals surface area contributed by atoms with Gasteiger partial charge >= 0.3 is 0 Å². The van der Waals surface area contributed by atoms with E-state index in [4.69, 9.17) is 4.74 Å². The van der Waals surface area contributed by atoms with Crippen molar-refractivity contribution in [3.8, 4) is 5.75 Å². The van der Waals surface area contributed by atoms with Gasteiger partial charge in [-0.25, -0.2) is 8.42 Å². The molecule has 0 saturated carbocycles. The van der Waals surface area contributed by atoms with Crippen LogP contribution in [-0.2, 0) is 26.2 Å². The molecule has 0 aromatic heterocycles. The van der Waals surface area contributed by atoms with Gasteiger partial charge in [0.25, 0.3) is 0 Å². The Bertz CT molecular complexity index is 1070. The van der Waals surface area contributed by atoms with Crippen LogP contribution in [0.3, 0.4) is 0 Å². The highest BCUT2D eigenvalue weighted by atomic mass is 32.2. The monoisotopic (exact) mass is 475 g/mol. The summed E-state index contributed by atoms with van der Waals surface area (Å²) in [6, 6.07) is 13.2. The average Bonchev–Trinajstić information content (AvgIpc) is 2.75. The zero-order chi connectivity index (χ0) is 24.8. The highest BCUT2D eigenvalue weighted by molar-refractivity contribution is 7.92. The van der Waals surface area contributed by atoms with Crippen LogP contribution in [0.1, 0.15) is 31.9 Å². The Morgan fingerprint density at radius 3 is 2.24 bits per heavy atom. The number of nitrogens with one attached hydrogen (secondary N) is 1. The lowest BCUT2D eigenvalue weighted by Gasteiger charge is -2.32. The molecule has 2 amide bonds. The fourth-order valence-electron chi connectivity index (χ4n) is 3.26. The summed E-state index contributed by atoms with van der Waals surface area (Å²) in [5, 5.41) is 2.82. The predicted molar refractivity (Wildman–Crippen MR) is 130 cm³/mol. The Labute approximate surface area is 196 Å². The van der Waals surface area contributed by atoms with Crippen LogP contribution in [0, 0.1) is 6.92 Å². The van der Waals surface area contributed by atoms with Crippen LogP contribution >= 0.6 is 0 Å². The number of methoxy groups -OCH3 is 1. The van der Waals surface area contributed by atoms with E-state index in [9.17, 15) is 18.0 Å². The van der Waals surface area contributed by atoms with Crippen LogP contribution in [0.25, 0.3) is 0 Å². The smallest absolute Gasteiger partial charge is 0.244 e. The molecule has 180 valence electrons. The van der Waals surface area contributed by atoms with Crippen molar-refractivity contribution in [2.24, 2.45) is 0 Å². The minimum Gasteiger partial charge on any atom is -0.497 e. The molecule has 33 heavy (non-hydrogen) atoms. The molecule has 0 spiro atoms. The largest absolute Gasteiger partial charge is 0.497 e. The van der Waals surface area contributed by atoms with Gasteiger partial charge in [-0.3, -0.25) is 13.9 Å². The van der Waals surface area contributed by atoms with Crippen molar-refractivity contribution < 1.29 is 22.7 Å². The molecule has 0 saturated heterocycles. The fraction of sp³-hybridized carbons (Fsp3) is 0.417. The summed E-state index contributed by atoms with van der Waals surface area (Å²) >= 11 is 0. The van der Waals surface area contributed by atoms with Crippen LogP contribution in [0.5, 0.6) is 5.75 Å². The molecule has 0 aliphatic heterocycles. The van der Waals surface area contributed by atoms with Crippen molar-refractivity contribution in [3.05, 3.63) is 59.7 Å². The summed E-state index contributed by atoms with van der Waals surface area (Å²) in [4.78, 5) is 27.6. The topological polar surface area (TPSA) is 96.0 Å². The zero-order valence-corrected chi connectivity index (χ0v) is 20.8. The second-order valence-electron chi connectivity index (χ2n) is 8.32. The number of carbonyl (C=O) groups excluding carboxylic acids is 2. The van der Waals surface area contributed by atoms with Gasteiger partial charge in [-0.1, -0.05) is 35.9 Å². The Hall–Kier alpha value is -3.07. The Morgan fingerprint density at radius 1 is 1.06 bits per heavy atom. The molecule has 0 aliphatic rings. The van der Waals surface area contributed by atoms with Crippen molar-refractivity contribution >= 4 is 27.5 Å². The van der Waals surface area contributed by atoms with E-state index in [0.717, 1.165) is 21.7 Å². The van der Waals surface area contributed by atoms with Crippen LogP contribution in [-0.4, -0.2) is 57.1 Å². The molecule has 2 aromatic carbocycles. The summed E-state index contributed by atoms with van der Waals surface area (Å²) in [6.45, 7) is 7.00. The first-order valence-electron chi connectivity index (χ1n) is 10.7. The lowest BCUT2D eigenvalue weighted by molar-refractivity contribution is -0.139. The van der Waals surface area contributed by atoms with E-state index in [1.807, 2.05) is 45.0 Å². The van der Waals surface area contributed by atoms with E-state index in [2.05, 4.69) is 5.32 Å². The number of hydrogen-bond acceptors (Lipinski definition) is 5. The number of ether oxygens (including phenoxy) is 1. The van der Waals surface area contributed by atoms with Gasteiger partial charge in [-0.15, -0.1) is 0 Å². The molecular weight excluding hydrogens is 442 g/mol. The SMILES string of the molecule is COc1cccc(N(CC(=O)N(Cc2ccc(C)cc2)C(C)C(=O)NC(C)C)S(C)(=O)=O)c1. The Morgan fingerprint density at radius 2 is 1.70 bits per heavy atom. The summed E-state index contributed by atoms with van der Waals surface area (Å²) in [5.74, 6) is -0.331. The van der Waals surface area contributed by atoms with Crippen molar-refractivity contribution in [2.75, 3.05) is 24.2 Å². The first-order chi connectivity index (χ1) is 15.4. The van der Waals surface area contributed by atoms with E-state index in [0.29, 0.717) is 11.4 Å². The minimum absolute atomic E-state index is 0.0967. The van der Waals surface area contributed by atoms with Crippen molar-refractivity contribution in [1.82, 2.24) is 10.2 Å². The molecule has 0 fully saturated rings. The van der Waals surface area contributed by atoms with E-state index in [1.165, 1.54) is 12.0 Å². The van der Waals surface area contributed by atoms with Crippen molar-refractivity contribution in [2.45, 2.75) is 46.3 Å². The summed E-state index contributed by atoms with van der Waals surface area (Å²) < 4.78 is 31.4. The average molecular weight is 476 g/mol. The number of nitrogens with zero attached hydrogens (tertiary/aromatic N) is 2. The van der Waals surface area contributed by atoms with E-state index in [-0.39, 0.29) is 18.5 Å². The zero-order valence-electron chi connectivity index (χ0n) is 20.0. The van der Waals surface area contributed by atoms with E-state index < -0.39 is 28.5 Å². The van der Waals surface area contributed by atoms with Crippen LogP contribution in [0.2, 0.25) is 0 Å². The number of amides is 2. The molecular formula is C24H33N3O5S. The third-order valence-corrected chi connectivity index (χ3v) is 6.23. The Kier molecular flexibility index (Phi) is 8.87. The second kappa shape index (κ2) is 11.2. The molecule has 0 heterocycles. The number of sulfonamides is 1. The van der Waals surface area contributed by atoms with Gasteiger partial charge in [0.05, 0.1) is 19.1 Å². The van der Waals surface area contributed by atoms with Gasteiger partial charge in [0.15, 0.2) is 0 Å². The third-order valence-electron chi connectivity index (χ3n) is 5.09. The number of hydrogen-bond donors (Lipinski definition) is 1. The van der Waals surface area contributed by atoms with Gasteiger partial charge in [0.2, 0.25) is 21.8 Å². The minimum atomic E-state index is -3.79. The quantitative estimate of drug-likeness (QED) is 0.570.